The summed E-state index contributed by atoms with van der Waals surface area (Å²) >= 11 is 5.63. The molecule has 0 heterocycles. The molecule has 0 aliphatic rings. The van der Waals surface area contributed by atoms with Gasteiger partial charge in [-0.25, -0.2) is 4.79 Å². The Morgan fingerprint density at radius 2 is 1.76 bits per heavy atom. The molecule has 1 rings (SSSR count). The van der Waals surface area contributed by atoms with Crippen LogP contribution in [0.2, 0.25) is 5.02 Å². The highest BCUT2D eigenvalue weighted by atomic mass is 35.5. The minimum atomic E-state index is -5.01. The number of halogens is 4. The van der Waals surface area contributed by atoms with Crippen molar-refractivity contribution >= 4 is 29.2 Å². The standard InChI is InChI=1S/C13H13ClF3NO3/c1-12(2,3)21-11(20)18-7-4-5-8(9(14)6-7)10(19)13(15,16)17/h4-6H,1-3H3,(H,18,20). The number of rotatable bonds is 2. The molecule has 4 nitrogen and oxygen atoms in total. The van der Waals surface area contributed by atoms with Crippen molar-refractivity contribution in [2.45, 2.75) is 32.5 Å². The van der Waals surface area contributed by atoms with E-state index in [1.807, 2.05) is 0 Å². The molecule has 21 heavy (non-hydrogen) atoms. The van der Waals surface area contributed by atoms with Crippen LogP contribution in [-0.2, 0) is 4.74 Å². The second-order valence-corrected chi connectivity index (χ2v) is 5.56. The molecular formula is C13H13ClF3NO3. The largest absolute Gasteiger partial charge is 0.454 e. The quantitative estimate of drug-likeness (QED) is 0.819. The third-order valence-corrected chi connectivity index (χ3v) is 2.43. The summed E-state index contributed by atoms with van der Waals surface area (Å²) in [7, 11) is 0. The van der Waals surface area contributed by atoms with Crippen LogP contribution in [0, 0.1) is 0 Å². The highest BCUT2D eigenvalue weighted by Gasteiger charge is 2.40. The van der Waals surface area contributed by atoms with Gasteiger partial charge in [0.05, 0.1) is 5.02 Å². The molecule has 0 aliphatic heterocycles. The molecule has 116 valence electrons. The highest BCUT2D eigenvalue weighted by molar-refractivity contribution is 6.34. The van der Waals surface area contributed by atoms with Gasteiger partial charge in [0.2, 0.25) is 0 Å². The molecule has 1 N–H and O–H groups in total. The summed E-state index contributed by atoms with van der Waals surface area (Å²) in [5, 5.41) is 1.89. The van der Waals surface area contributed by atoms with Crippen LogP contribution in [0.1, 0.15) is 31.1 Å². The molecule has 0 saturated heterocycles. The average molecular weight is 324 g/mol. The van der Waals surface area contributed by atoms with Crippen molar-refractivity contribution in [2.24, 2.45) is 0 Å². The fourth-order valence-electron chi connectivity index (χ4n) is 1.35. The maximum Gasteiger partial charge on any atom is 0.454 e. The topological polar surface area (TPSA) is 55.4 Å². The van der Waals surface area contributed by atoms with Crippen LogP contribution >= 0.6 is 11.6 Å². The van der Waals surface area contributed by atoms with Gasteiger partial charge < -0.3 is 4.74 Å². The molecule has 1 amide bonds. The molecule has 0 radical (unpaired) electrons. The highest BCUT2D eigenvalue weighted by Crippen LogP contribution is 2.28. The van der Waals surface area contributed by atoms with Gasteiger partial charge in [0.1, 0.15) is 5.60 Å². The minimum Gasteiger partial charge on any atom is -0.444 e. The lowest BCUT2D eigenvalue weighted by atomic mass is 10.1. The zero-order valence-corrected chi connectivity index (χ0v) is 12.2. The first-order valence-electron chi connectivity index (χ1n) is 5.81. The van der Waals surface area contributed by atoms with Gasteiger partial charge in [0.25, 0.3) is 5.78 Å². The van der Waals surface area contributed by atoms with Crippen molar-refractivity contribution in [3.63, 3.8) is 0 Å². The molecule has 0 aromatic heterocycles. The number of benzene rings is 1. The third kappa shape index (κ3) is 5.26. The molecule has 0 atom stereocenters. The predicted molar refractivity (Wildman–Crippen MR) is 71.7 cm³/mol. The lowest BCUT2D eigenvalue weighted by Crippen LogP contribution is -2.27. The van der Waals surface area contributed by atoms with Crippen molar-refractivity contribution in [3.8, 4) is 0 Å². The van der Waals surface area contributed by atoms with Gasteiger partial charge in [-0.05, 0) is 39.0 Å². The van der Waals surface area contributed by atoms with E-state index in [1.165, 1.54) is 0 Å². The van der Waals surface area contributed by atoms with E-state index in [-0.39, 0.29) is 5.69 Å². The van der Waals surface area contributed by atoms with E-state index in [0.29, 0.717) is 0 Å². The van der Waals surface area contributed by atoms with E-state index in [2.05, 4.69) is 5.32 Å². The van der Waals surface area contributed by atoms with Crippen LogP contribution in [-0.4, -0.2) is 23.7 Å². The Morgan fingerprint density at radius 1 is 1.19 bits per heavy atom. The second kappa shape index (κ2) is 5.93. The molecular weight excluding hydrogens is 311 g/mol. The van der Waals surface area contributed by atoms with Gasteiger partial charge in [-0.3, -0.25) is 10.1 Å². The summed E-state index contributed by atoms with van der Waals surface area (Å²) in [6.45, 7) is 4.97. The molecule has 0 bridgehead atoms. The number of alkyl halides is 3. The Labute approximate surface area is 124 Å². The normalized spacial score (nSPS) is 12.0. The molecule has 1 aromatic carbocycles. The zero-order valence-electron chi connectivity index (χ0n) is 11.5. The average Bonchev–Trinajstić information content (AvgIpc) is 2.24. The minimum absolute atomic E-state index is 0.118. The van der Waals surface area contributed by atoms with E-state index < -0.39 is 34.2 Å². The van der Waals surface area contributed by atoms with Crippen LogP contribution in [0.3, 0.4) is 0 Å². The molecule has 0 aliphatic carbocycles. The Morgan fingerprint density at radius 3 is 2.19 bits per heavy atom. The Kier molecular flexibility index (Phi) is 4.88. The summed E-state index contributed by atoms with van der Waals surface area (Å²) in [6, 6.07) is 3.07. The van der Waals surface area contributed by atoms with Crippen molar-refractivity contribution in [3.05, 3.63) is 28.8 Å². The van der Waals surface area contributed by atoms with Gasteiger partial charge in [-0.1, -0.05) is 11.6 Å². The van der Waals surface area contributed by atoms with Crippen molar-refractivity contribution < 1.29 is 27.5 Å². The number of nitrogens with one attached hydrogen (secondary N) is 1. The van der Waals surface area contributed by atoms with E-state index >= 15 is 0 Å². The number of carbonyl (C=O) groups excluding carboxylic acids is 2. The number of Topliss-reactive ketones (excluding diaryl/α,β-unsaturated/α-hetero) is 1. The third-order valence-electron chi connectivity index (χ3n) is 2.12. The van der Waals surface area contributed by atoms with Gasteiger partial charge in [-0.2, -0.15) is 13.2 Å². The first-order chi connectivity index (χ1) is 9.40. The van der Waals surface area contributed by atoms with E-state index in [0.717, 1.165) is 18.2 Å². The number of anilines is 1. The SMILES string of the molecule is CC(C)(C)OC(=O)Nc1ccc(C(=O)C(F)(F)F)c(Cl)c1. The summed E-state index contributed by atoms with van der Waals surface area (Å²) in [5.41, 5.74) is -1.29. The van der Waals surface area contributed by atoms with Gasteiger partial charge in [0, 0.05) is 11.3 Å². The Bertz CT molecular complexity index is 565. The first-order valence-corrected chi connectivity index (χ1v) is 6.19. The number of amides is 1. The fourth-order valence-corrected chi connectivity index (χ4v) is 1.62. The molecule has 0 spiro atoms. The van der Waals surface area contributed by atoms with Gasteiger partial charge >= 0.3 is 12.3 Å². The van der Waals surface area contributed by atoms with Crippen LogP contribution in [0.25, 0.3) is 0 Å². The maximum atomic E-state index is 12.3. The van der Waals surface area contributed by atoms with Crippen LogP contribution in [0.15, 0.2) is 18.2 Å². The summed E-state index contributed by atoms with van der Waals surface area (Å²) in [5.74, 6) is -2.05. The van der Waals surface area contributed by atoms with E-state index in [9.17, 15) is 22.8 Å². The summed E-state index contributed by atoms with van der Waals surface area (Å²) < 4.78 is 41.9. The van der Waals surface area contributed by atoms with Gasteiger partial charge in [0.15, 0.2) is 0 Å². The molecule has 0 unspecified atom stereocenters. The Hall–Kier alpha value is -1.76. The maximum absolute atomic E-state index is 12.3. The number of ether oxygens (including phenoxy) is 1. The lowest BCUT2D eigenvalue weighted by Gasteiger charge is -2.19. The van der Waals surface area contributed by atoms with Gasteiger partial charge in [-0.15, -0.1) is 0 Å². The van der Waals surface area contributed by atoms with E-state index in [1.54, 1.807) is 20.8 Å². The summed E-state index contributed by atoms with van der Waals surface area (Å²) in [6.07, 6.45) is -5.79. The van der Waals surface area contributed by atoms with Crippen molar-refractivity contribution in [1.82, 2.24) is 0 Å². The monoisotopic (exact) mass is 323 g/mol. The van der Waals surface area contributed by atoms with E-state index in [4.69, 9.17) is 16.3 Å². The predicted octanol–water partition coefficient (Wildman–Crippen LogP) is 4.43. The Balaban J connectivity index is 2.89. The lowest BCUT2D eigenvalue weighted by molar-refractivity contribution is -0.0885. The molecule has 1 aromatic rings. The van der Waals surface area contributed by atoms with Crippen molar-refractivity contribution in [2.75, 3.05) is 5.32 Å². The van der Waals surface area contributed by atoms with Crippen LogP contribution < -0.4 is 5.32 Å². The van der Waals surface area contributed by atoms with Crippen molar-refractivity contribution in [1.29, 1.82) is 0 Å². The number of hydrogen-bond acceptors (Lipinski definition) is 3. The molecule has 0 saturated carbocycles. The summed E-state index contributed by atoms with van der Waals surface area (Å²) in [4.78, 5) is 22.6. The molecule has 8 heteroatoms. The van der Waals surface area contributed by atoms with Crippen LogP contribution in [0.5, 0.6) is 0 Å². The first kappa shape index (κ1) is 17.3. The number of hydrogen-bond donors (Lipinski definition) is 1. The van der Waals surface area contributed by atoms with Crippen LogP contribution in [0.4, 0.5) is 23.7 Å². The zero-order chi connectivity index (χ0) is 16.4. The second-order valence-electron chi connectivity index (χ2n) is 5.15. The number of carbonyl (C=O) groups is 2. The number of ketones is 1. The smallest absolute Gasteiger partial charge is 0.444 e. The fraction of sp³-hybridized carbons (Fsp3) is 0.385. The molecule has 0 fully saturated rings.